The van der Waals surface area contributed by atoms with Crippen molar-refractivity contribution in [2.45, 2.75) is 70.0 Å². The Morgan fingerprint density at radius 1 is 0.764 bits per heavy atom. The van der Waals surface area contributed by atoms with Crippen LogP contribution >= 0.6 is 0 Å². The largest absolute Gasteiger partial charge is 0.495 e. The number of carbonyl (C=O) groups excluding carboxylic acids is 5. The Labute approximate surface area is 417 Å². The molecule has 16 nitrogen and oxygen atoms in total. The summed E-state index contributed by atoms with van der Waals surface area (Å²) < 4.78 is 25.7. The molecule has 6 aliphatic rings. The zero-order chi connectivity index (χ0) is 49.5. The average Bonchev–Trinajstić information content (AvgIpc) is 4.16. The second-order valence-electron chi connectivity index (χ2n) is 20.2. The van der Waals surface area contributed by atoms with Crippen LogP contribution in [0.1, 0.15) is 67.3 Å². The molecule has 11 rings (SSSR count). The van der Waals surface area contributed by atoms with Crippen LogP contribution in [-0.4, -0.2) is 127 Å². The number of carbonyl (C=O) groups is 5. The SMILES string of the molecule is COc1cc2c(Oc3ccc(NC(=O)C4(C(=O)Nc5ccc(F)cc5)CC4)cc3)ccnc2cc1N1CCC(CN2CCC(N3CCN(c4cccc5c4CN([C@H]4CCC(=O)NC4=O)C5=O)CC3)CC2)CC1. The van der Waals surface area contributed by atoms with E-state index in [1.165, 1.54) is 24.3 Å². The van der Waals surface area contributed by atoms with E-state index in [2.05, 4.69) is 47.7 Å². The van der Waals surface area contributed by atoms with Crippen LogP contribution in [0, 0.1) is 17.2 Å². The lowest BCUT2D eigenvalue weighted by Gasteiger charge is -2.44. The molecule has 0 spiro atoms. The highest BCUT2D eigenvalue weighted by Gasteiger charge is 2.56. The average molecular weight is 978 g/mol. The highest BCUT2D eigenvalue weighted by atomic mass is 19.1. The first-order chi connectivity index (χ1) is 35.0. The summed E-state index contributed by atoms with van der Waals surface area (Å²) in [6.07, 6.45) is 7.73. The molecule has 5 aliphatic heterocycles. The van der Waals surface area contributed by atoms with Crippen molar-refractivity contribution in [2.24, 2.45) is 11.3 Å². The Morgan fingerprint density at radius 2 is 1.44 bits per heavy atom. The first-order valence-corrected chi connectivity index (χ1v) is 25.4. The smallest absolute Gasteiger partial charge is 0.255 e. The van der Waals surface area contributed by atoms with Crippen molar-refractivity contribution in [1.29, 1.82) is 0 Å². The third-order valence-electron chi connectivity index (χ3n) is 15.8. The number of hydrogen-bond donors (Lipinski definition) is 3. The van der Waals surface area contributed by atoms with Gasteiger partial charge in [-0.25, -0.2) is 4.39 Å². The number of nitrogens with zero attached hydrogens (tertiary/aromatic N) is 6. The number of piperazine rings is 1. The summed E-state index contributed by atoms with van der Waals surface area (Å²) in [5.41, 5.74) is 4.35. The molecule has 4 aromatic carbocycles. The molecule has 6 heterocycles. The van der Waals surface area contributed by atoms with Crippen molar-refractivity contribution in [1.82, 2.24) is 25.0 Å². The second kappa shape index (κ2) is 19.8. The lowest BCUT2D eigenvalue weighted by Crippen LogP contribution is -2.54. The van der Waals surface area contributed by atoms with Crippen LogP contribution in [0.3, 0.4) is 0 Å². The van der Waals surface area contributed by atoms with Gasteiger partial charge in [-0.05, 0) is 143 Å². The van der Waals surface area contributed by atoms with E-state index in [4.69, 9.17) is 14.5 Å². The van der Waals surface area contributed by atoms with E-state index in [0.29, 0.717) is 66.2 Å². The fourth-order valence-corrected chi connectivity index (χ4v) is 11.5. The fourth-order valence-electron chi connectivity index (χ4n) is 11.5. The number of likely N-dealkylation sites (tertiary alicyclic amines) is 1. The van der Waals surface area contributed by atoms with Crippen LogP contribution in [0.25, 0.3) is 10.9 Å². The number of amides is 5. The molecule has 5 amide bonds. The molecule has 4 saturated heterocycles. The molecule has 17 heteroatoms. The van der Waals surface area contributed by atoms with Crippen LogP contribution in [-0.2, 0) is 25.7 Å². The van der Waals surface area contributed by atoms with E-state index < -0.39 is 23.2 Å². The fraction of sp³-hybridized carbons (Fsp3) is 0.418. The standard InChI is InChI=1S/C55H60FN9O7/c1-71-49-31-42-44(57-22-15-48(42)72-40-11-9-38(10-12-40)59-54(70)55(20-21-55)53(69)58-37-7-5-36(56)6-8-37)32-47(49)63-25-16-35(17-26-63)33-61-23-18-39(19-24-61)62-27-29-64(30-28-62)45-4-2-3-41-43(45)34-65(52(41)68)46-13-14-50(66)60-51(46)67/h2-12,15,22,31-32,35,39,46H,13-14,16-21,23-30,33-34H2,1H3,(H,58,69)(H,59,70)(H,60,66,67)/t46-/m0/s1. The maximum absolute atomic E-state index is 13.4. The van der Waals surface area contributed by atoms with Crippen LogP contribution in [0.5, 0.6) is 17.2 Å². The van der Waals surface area contributed by atoms with Crippen molar-refractivity contribution in [2.75, 3.05) is 86.4 Å². The minimum atomic E-state index is -1.17. The highest BCUT2D eigenvalue weighted by molar-refractivity contribution is 6.17. The number of fused-ring (bicyclic) bond motifs is 2. The maximum Gasteiger partial charge on any atom is 0.255 e. The number of benzene rings is 4. The van der Waals surface area contributed by atoms with Gasteiger partial charge in [-0.1, -0.05) is 6.07 Å². The predicted octanol–water partition coefficient (Wildman–Crippen LogP) is 6.80. The first kappa shape index (κ1) is 47.2. The Kier molecular flexibility index (Phi) is 13.0. The number of hydrogen-bond acceptors (Lipinski definition) is 12. The van der Waals surface area contributed by atoms with Crippen LogP contribution in [0.2, 0.25) is 0 Å². The van der Waals surface area contributed by atoms with Gasteiger partial charge in [0.1, 0.15) is 34.5 Å². The molecule has 1 saturated carbocycles. The molecule has 0 bridgehead atoms. The van der Waals surface area contributed by atoms with E-state index in [1.807, 2.05) is 24.3 Å². The van der Waals surface area contributed by atoms with Gasteiger partial charge in [0, 0.05) is 105 Å². The van der Waals surface area contributed by atoms with Crippen molar-refractivity contribution in [3.63, 3.8) is 0 Å². The monoisotopic (exact) mass is 977 g/mol. The number of ether oxygens (including phenoxy) is 2. The molecular formula is C55H60FN9O7. The zero-order valence-electron chi connectivity index (χ0n) is 40.5. The van der Waals surface area contributed by atoms with Gasteiger partial charge >= 0.3 is 0 Å². The number of piperidine rings is 3. The van der Waals surface area contributed by atoms with Crippen molar-refractivity contribution in [3.8, 4) is 17.2 Å². The molecule has 374 valence electrons. The predicted molar refractivity (Wildman–Crippen MR) is 271 cm³/mol. The topological polar surface area (TPSA) is 169 Å². The lowest BCUT2D eigenvalue weighted by atomic mass is 9.94. The Bertz CT molecular complexity index is 2890. The number of rotatable bonds is 13. The Balaban J connectivity index is 0.639. The molecule has 1 aromatic heterocycles. The quantitative estimate of drug-likeness (QED) is 0.0836. The van der Waals surface area contributed by atoms with Crippen molar-refractivity contribution < 1.29 is 37.8 Å². The van der Waals surface area contributed by atoms with E-state index in [-0.39, 0.29) is 30.0 Å². The summed E-state index contributed by atoms with van der Waals surface area (Å²) in [6.45, 7) is 9.31. The summed E-state index contributed by atoms with van der Waals surface area (Å²) in [5.74, 6) is 0.581. The minimum Gasteiger partial charge on any atom is -0.495 e. The number of methoxy groups -OCH3 is 1. The molecule has 0 radical (unpaired) electrons. The number of halogens is 1. The van der Waals surface area contributed by atoms with E-state index in [9.17, 15) is 28.4 Å². The molecule has 1 atom stereocenters. The van der Waals surface area contributed by atoms with Gasteiger partial charge in [0.2, 0.25) is 23.6 Å². The van der Waals surface area contributed by atoms with E-state index >= 15 is 0 Å². The van der Waals surface area contributed by atoms with Crippen molar-refractivity contribution >= 4 is 63.2 Å². The van der Waals surface area contributed by atoms with Crippen LogP contribution < -0.4 is 35.2 Å². The molecule has 72 heavy (non-hydrogen) atoms. The lowest BCUT2D eigenvalue weighted by molar-refractivity contribution is -0.137. The van der Waals surface area contributed by atoms with Gasteiger partial charge in [0.25, 0.3) is 5.91 Å². The Morgan fingerprint density at radius 3 is 2.11 bits per heavy atom. The van der Waals surface area contributed by atoms with Crippen LogP contribution in [0.4, 0.5) is 27.1 Å². The summed E-state index contributed by atoms with van der Waals surface area (Å²) in [5, 5.41) is 8.84. The summed E-state index contributed by atoms with van der Waals surface area (Å²) in [7, 11) is 1.70. The highest BCUT2D eigenvalue weighted by Crippen LogP contribution is 2.48. The summed E-state index contributed by atoms with van der Waals surface area (Å²) >= 11 is 0. The number of aromatic nitrogens is 1. The number of nitrogens with one attached hydrogen (secondary N) is 3. The Hall–Kier alpha value is -7.11. The number of anilines is 4. The third kappa shape index (κ3) is 9.54. The number of imide groups is 1. The van der Waals surface area contributed by atoms with Gasteiger partial charge in [-0.2, -0.15) is 0 Å². The third-order valence-corrected chi connectivity index (χ3v) is 15.8. The van der Waals surface area contributed by atoms with Gasteiger partial charge in [0.05, 0.1) is 18.3 Å². The number of pyridine rings is 1. The molecule has 5 aromatic rings. The van der Waals surface area contributed by atoms with Gasteiger partial charge in [0.15, 0.2) is 0 Å². The van der Waals surface area contributed by atoms with Crippen molar-refractivity contribution in [3.05, 3.63) is 108 Å². The van der Waals surface area contributed by atoms with Gasteiger partial charge in [-0.3, -0.25) is 39.2 Å². The molecular weight excluding hydrogens is 918 g/mol. The van der Waals surface area contributed by atoms with Gasteiger partial charge < -0.3 is 39.7 Å². The normalized spacial score (nSPS) is 20.8. The van der Waals surface area contributed by atoms with E-state index in [0.717, 1.165) is 118 Å². The first-order valence-electron chi connectivity index (χ1n) is 25.4. The molecule has 5 fully saturated rings. The van der Waals surface area contributed by atoms with E-state index in [1.54, 1.807) is 42.5 Å². The zero-order valence-corrected chi connectivity index (χ0v) is 40.5. The molecule has 3 N–H and O–H groups in total. The summed E-state index contributed by atoms with van der Waals surface area (Å²) in [6, 6.07) is 24.3. The maximum atomic E-state index is 13.4. The minimum absolute atomic E-state index is 0.129. The summed E-state index contributed by atoms with van der Waals surface area (Å²) in [4.78, 5) is 80.6. The van der Waals surface area contributed by atoms with Gasteiger partial charge in [-0.15, -0.1) is 0 Å². The van der Waals surface area contributed by atoms with Crippen LogP contribution in [0.15, 0.2) is 91.1 Å². The molecule has 1 aliphatic carbocycles. The second-order valence-corrected chi connectivity index (χ2v) is 20.2. The molecule has 0 unspecified atom stereocenters.